The second-order valence-corrected chi connectivity index (χ2v) is 5.14. The van der Waals surface area contributed by atoms with Gasteiger partial charge in [0.25, 0.3) is 0 Å². The molecular formula is C10H15N3O2S. The molecule has 0 spiro atoms. The van der Waals surface area contributed by atoms with Crippen LogP contribution in [0.2, 0.25) is 0 Å². The average molecular weight is 241 g/mol. The smallest absolute Gasteiger partial charge is 0.240 e. The van der Waals surface area contributed by atoms with Crippen LogP contribution in [0.3, 0.4) is 0 Å². The van der Waals surface area contributed by atoms with Crippen LogP contribution in [-0.2, 0) is 10.0 Å². The van der Waals surface area contributed by atoms with E-state index in [1.807, 2.05) is 6.92 Å². The molecule has 0 radical (unpaired) electrons. The van der Waals surface area contributed by atoms with Gasteiger partial charge in [-0.15, -0.1) is 0 Å². The Hall–Kier alpha value is -1.53. The Morgan fingerprint density at radius 2 is 2.12 bits per heavy atom. The highest BCUT2D eigenvalue weighted by Gasteiger charge is 2.11. The molecule has 16 heavy (non-hydrogen) atoms. The van der Waals surface area contributed by atoms with E-state index in [9.17, 15) is 8.42 Å². The summed E-state index contributed by atoms with van der Waals surface area (Å²) in [6, 6.07) is 4.52. The van der Waals surface area contributed by atoms with Gasteiger partial charge in [-0.2, -0.15) is 0 Å². The molecule has 88 valence electrons. The van der Waals surface area contributed by atoms with Crippen molar-refractivity contribution in [3.05, 3.63) is 30.4 Å². The molecule has 1 aromatic carbocycles. The predicted octanol–water partition coefficient (Wildman–Crippen LogP) is 0.904. The van der Waals surface area contributed by atoms with Crippen molar-refractivity contribution >= 4 is 21.4 Å². The lowest BCUT2D eigenvalue weighted by Crippen LogP contribution is -2.14. The van der Waals surface area contributed by atoms with Crippen LogP contribution in [0.5, 0.6) is 0 Å². The first kappa shape index (κ1) is 12.5. The highest BCUT2D eigenvalue weighted by Crippen LogP contribution is 2.21. The lowest BCUT2D eigenvalue weighted by Gasteiger charge is -2.09. The molecule has 5 nitrogen and oxygen atoms in total. The van der Waals surface area contributed by atoms with Crippen LogP contribution in [0.1, 0.15) is 6.92 Å². The Bertz CT molecular complexity index is 509. The Balaban J connectivity index is 2.96. The third-order valence-electron chi connectivity index (χ3n) is 1.91. The van der Waals surface area contributed by atoms with Gasteiger partial charge in [-0.05, 0) is 25.1 Å². The topological polar surface area (TPSA) is 98.2 Å². The van der Waals surface area contributed by atoms with Gasteiger partial charge in [0.1, 0.15) is 4.90 Å². The summed E-state index contributed by atoms with van der Waals surface area (Å²) in [4.78, 5) is -0.0617. The van der Waals surface area contributed by atoms with E-state index in [4.69, 9.17) is 10.9 Å². The van der Waals surface area contributed by atoms with Crippen LogP contribution in [0.15, 0.2) is 35.2 Å². The highest BCUT2D eigenvalue weighted by molar-refractivity contribution is 7.89. The standard InChI is InChI=1S/C10H15N3O2S/c1-7(2)6-13-8-3-4-10(9(11)5-8)16(12,14)15/h3-5,13H,1,6,11H2,2H3,(H2,12,14,15). The number of primary sulfonamides is 1. The van der Waals surface area contributed by atoms with Crippen molar-refractivity contribution in [3.8, 4) is 0 Å². The Morgan fingerprint density at radius 1 is 1.50 bits per heavy atom. The second kappa shape index (κ2) is 4.54. The SMILES string of the molecule is C=C(C)CNc1ccc(S(N)(=O)=O)c(N)c1. The van der Waals surface area contributed by atoms with E-state index < -0.39 is 10.0 Å². The largest absolute Gasteiger partial charge is 0.398 e. The van der Waals surface area contributed by atoms with E-state index in [2.05, 4.69) is 11.9 Å². The van der Waals surface area contributed by atoms with Gasteiger partial charge in [-0.25, -0.2) is 13.6 Å². The van der Waals surface area contributed by atoms with E-state index in [0.29, 0.717) is 6.54 Å². The van der Waals surface area contributed by atoms with Crippen LogP contribution in [0.25, 0.3) is 0 Å². The number of nitrogen functional groups attached to an aromatic ring is 1. The molecule has 6 heteroatoms. The number of nitrogens with one attached hydrogen (secondary N) is 1. The van der Waals surface area contributed by atoms with Gasteiger partial charge in [-0.1, -0.05) is 12.2 Å². The Kier molecular flexibility index (Phi) is 3.56. The van der Waals surface area contributed by atoms with Crippen molar-refractivity contribution in [2.75, 3.05) is 17.6 Å². The van der Waals surface area contributed by atoms with E-state index in [-0.39, 0.29) is 10.6 Å². The first-order valence-corrected chi connectivity index (χ1v) is 6.16. The summed E-state index contributed by atoms with van der Waals surface area (Å²) in [6.07, 6.45) is 0. The number of hydrogen-bond acceptors (Lipinski definition) is 4. The molecule has 0 bridgehead atoms. The maximum atomic E-state index is 11.1. The van der Waals surface area contributed by atoms with Gasteiger partial charge in [0, 0.05) is 12.2 Å². The van der Waals surface area contributed by atoms with Crippen LogP contribution in [0, 0.1) is 0 Å². The van der Waals surface area contributed by atoms with Gasteiger partial charge in [-0.3, -0.25) is 0 Å². The zero-order valence-electron chi connectivity index (χ0n) is 9.03. The molecule has 0 heterocycles. The minimum atomic E-state index is -3.75. The molecule has 1 aromatic rings. The molecule has 0 aliphatic rings. The molecule has 5 N–H and O–H groups in total. The highest BCUT2D eigenvalue weighted by atomic mass is 32.2. The van der Waals surface area contributed by atoms with Crippen molar-refractivity contribution < 1.29 is 8.42 Å². The van der Waals surface area contributed by atoms with Crippen molar-refractivity contribution in [2.24, 2.45) is 5.14 Å². The zero-order valence-corrected chi connectivity index (χ0v) is 9.84. The number of anilines is 2. The number of sulfonamides is 1. The number of nitrogens with two attached hydrogens (primary N) is 2. The third kappa shape index (κ3) is 3.25. The monoisotopic (exact) mass is 241 g/mol. The fraction of sp³-hybridized carbons (Fsp3) is 0.200. The molecular weight excluding hydrogens is 226 g/mol. The van der Waals surface area contributed by atoms with E-state index in [1.165, 1.54) is 12.1 Å². The molecule has 0 fully saturated rings. The van der Waals surface area contributed by atoms with Gasteiger partial charge >= 0.3 is 0 Å². The summed E-state index contributed by atoms with van der Waals surface area (Å²) in [5.74, 6) is 0. The van der Waals surface area contributed by atoms with Gasteiger partial charge in [0.15, 0.2) is 0 Å². The number of hydrogen-bond donors (Lipinski definition) is 3. The minimum absolute atomic E-state index is 0.0617. The zero-order chi connectivity index (χ0) is 12.3. The molecule has 0 aliphatic heterocycles. The quantitative estimate of drug-likeness (QED) is 0.539. The summed E-state index contributed by atoms with van der Waals surface area (Å²) in [7, 11) is -3.75. The van der Waals surface area contributed by atoms with Gasteiger partial charge in [0.2, 0.25) is 10.0 Å². The van der Waals surface area contributed by atoms with E-state index in [1.54, 1.807) is 6.07 Å². The van der Waals surface area contributed by atoms with Crippen molar-refractivity contribution in [3.63, 3.8) is 0 Å². The van der Waals surface area contributed by atoms with Crippen molar-refractivity contribution in [1.29, 1.82) is 0 Å². The Labute approximate surface area is 95.2 Å². The summed E-state index contributed by atoms with van der Waals surface area (Å²) in [6.45, 7) is 6.23. The Morgan fingerprint density at radius 3 is 2.56 bits per heavy atom. The molecule has 0 atom stereocenters. The first-order valence-electron chi connectivity index (χ1n) is 4.61. The second-order valence-electron chi connectivity index (χ2n) is 3.61. The third-order valence-corrected chi connectivity index (χ3v) is 2.90. The maximum absolute atomic E-state index is 11.1. The molecule has 0 saturated carbocycles. The maximum Gasteiger partial charge on any atom is 0.240 e. The first-order chi connectivity index (χ1) is 7.30. The van der Waals surface area contributed by atoms with Crippen LogP contribution in [0.4, 0.5) is 11.4 Å². The van der Waals surface area contributed by atoms with Crippen LogP contribution in [-0.4, -0.2) is 15.0 Å². The van der Waals surface area contributed by atoms with Gasteiger partial charge in [0.05, 0.1) is 5.69 Å². The van der Waals surface area contributed by atoms with Crippen molar-refractivity contribution in [1.82, 2.24) is 0 Å². The van der Waals surface area contributed by atoms with Crippen LogP contribution >= 0.6 is 0 Å². The van der Waals surface area contributed by atoms with Gasteiger partial charge < -0.3 is 11.1 Å². The molecule has 0 aliphatic carbocycles. The average Bonchev–Trinajstić information content (AvgIpc) is 2.12. The fourth-order valence-electron chi connectivity index (χ4n) is 1.17. The van der Waals surface area contributed by atoms with Crippen LogP contribution < -0.4 is 16.2 Å². The summed E-state index contributed by atoms with van der Waals surface area (Å²) >= 11 is 0. The normalized spacial score (nSPS) is 11.1. The number of benzene rings is 1. The molecule has 0 unspecified atom stereocenters. The van der Waals surface area contributed by atoms with E-state index in [0.717, 1.165) is 11.3 Å². The summed E-state index contributed by atoms with van der Waals surface area (Å²) in [5, 5.41) is 8.04. The summed E-state index contributed by atoms with van der Waals surface area (Å²) in [5.41, 5.74) is 7.42. The van der Waals surface area contributed by atoms with Crippen molar-refractivity contribution in [2.45, 2.75) is 11.8 Å². The summed E-state index contributed by atoms with van der Waals surface area (Å²) < 4.78 is 22.2. The molecule has 0 aromatic heterocycles. The lowest BCUT2D eigenvalue weighted by molar-refractivity contribution is 0.598. The molecule has 0 amide bonds. The predicted molar refractivity (Wildman–Crippen MR) is 65.5 cm³/mol. The number of rotatable bonds is 4. The minimum Gasteiger partial charge on any atom is -0.398 e. The fourth-order valence-corrected chi connectivity index (χ4v) is 1.82. The molecule has 1 rings (SSSR count). The lowest BCUT2D eigenvalue weighted by atomic mass is 10.2. The molecule has 0 saturated heterocycles. The van der Waals surface area contributed by atoms with E-state index >= 15 is 0 Å².